The van der Waals surface area contributed by atoms with Gasteiger partial charge < -0.3 is 15.0 Å². The summed E-state index contributed by atoms with van der Waals surface area (Å²) >= 11 is 0. The Hall–Kier alpha value is -4.26. The largest absolute Gasteiger partial charge is 0.481 e. The predicted molar refractivity (Wildman–Crippen MR) is 132 cm³/mol. The van der Waals surface area contributed by atoms with Crippen molar-refractivity contribution in [2.24, 2.45) is 5.92 Å². The second-order valence-corrected chi connectivity index (χ2v) is 9.29. The van der Waals surface area contributed by atoms with Crippen LogP contribution in [-0.2, 0) is 4.79 Å². The first-order chi connectivity index (χ1) is 17.0. The molecule has 2 aliphatic carbocycles. The first-order valence-electron chi connectivity index (χ1n) is 11.7. The quantitative estimate of drug-likeness (QED) is 0.446. The number of hydrogen-bond donors (Lipinski definition) is 2. The van der Waals surface area contributed by atoms with Crippen LogP contribution in [0.1, 0.15) is 41.1 Å². The van der Waals surface area contributed by atoms with Crippen LogP contribution >= 0.6 is 0 Å². The molecule has 4 aromatic rings. The minimum atomic E-state index is -0.763. The standard InChI is InChI=1S/C28H23N3O4/c32-25-21-9-4-12-29-26(21)31(15-24(25)27(33)30-17-10-11-17)18-6-3-5-16(13-18)19-7-1-2-8-20(19)22-14-23(22)28(34)35/h1-9,12-13,15,17,22-23H,10-11,14H2,(H,30,33)(H,34,35)/t22-,23+/m0/s1. The van der Waals surface area contributed by atoms with Crippen molar-refractivity contribution in [1.29, 1.82) is 0 Å². The minimum absolute atomic E-state index is 0.0000229. The van der Waals surface area contributed by atoms with Gasteiger partial charge in [-0.1, -0.05) is 36.4 Å². The van der Waals surface area contributed by atoms with Gasteiger partial charge in [-0.05, 0) is 66.1 Å². The Morgan fingerprint density at radius 2 is 1.86 bits per heavy atom. The van der Waals surface area contributed by atoms with Crippen molar-refractivity contribution in [3.8, 4) is 16.8 Å². The molecule has 6 rings (SSSR count). The maximum absolute atomic E-state index is 13.1. The van der Waals surface area contributed by atoms with Crippen LogP contribution < -0.4 is 10.7 Å². The molecule has 0 saturated heterocycles. The molecule has 1 amide bonds. The molecule has 2 aromatic carbocycles. The summed E-state index contributed by atoms with van der Waals surface area (Å²) in [7, 11) is 0. The Morgan fingerprint density at radius 3 is 2.63 bits per heavy atom. The van der Waals surface area contributed by atoms with Crippen molar-refractivity contribution in [2.75, 3.05) is 0 Å². The van der Waals surface area contributed by atoms with Crippen LogP contribution in [0.15, 0.2) is 77.9 Å². The van der Waals surface area contributed by atoms with Gasteiger partial charge in [0.2, 0.25) is 5.43 Å². The first-order valence-corrected chi connectivity index (χ1v) is 11.7. The average molecular weight is 466 g/mol. The maximum Gasteiger partial charge on any atom is 0.307 e. The smallest absolute Gasteiger partial charge is 0.307 e. The molecule has 35 heavy (non-hydrogen) atoms. The number of nitrogens with zero attached hydrogens (tertiary/aromatic N) is 2. The van der Waals surface area contributed by atoms with Crippen molar-refractivity contribution >= 4 is 22.9 Å². The van der Waals surface area contributed by atoms with Crippen molar-refractivity contribution in [1.82, 2.24) is 14.9 Å². The lowest BCUT2D eigenvalue weighted by atomic mass is 9.95. The van der Waals surface area contributed by atoms with E-state index < -0.39 is 5.97 Å². The summed E-state index contributed by atoms with van der Waals surface area (Å²) < 4.78 is 1.78. The van der Waals surface area contributed by atoms with E-state index in [1.165, 1.54) is 0 Å². The van der Waals surface area contributed by atoms with Gasteiger partial charge in [-0.2, -0.15) is 0 Å². The fourth-order valence-corrected chi connectivity index (χ4v) is 4.73. The fourth-order valence-electron chi connectivity index (χ4n) is 4.73. The molecule has 0 spiro atoms. The minimum Gasteiger partial charge on any atom is -0.481 e. The highest BCUT2D eigenvalue weighted by molar-refractivity contribution is 5.97. The van der Waals surface area contributed by atoms with Crippen LogP contribution in [0.4, 0.5) is 0 Å². The van der Waals surface area contributed by atoms with Gasteiger partial charge in [0.1, 0.15) is 11.2 Å². The zero-order valence-electron chi connectivity index (χ0n) is 18.8. The molecule has 0 bridgehead atoms. The number of hydrogen-bond acceptors (Lipinski definition) is 4. The Morgan fingerprint density at radius 1 is 1.03 bits per heavy atom. The van der Waals surface area contributed by atoms with E-state index in [4.69, 9.17) is 0 Å². The van der Waals surface area contributed by atoms with Gasteiger partial charge >= 0.3 is 5.97 Å². The van der Waals surface area contributed by atoms with E-state index in [0.717, 1.165) is 35.2 Å². The molecule has 0 unspecified atom stereocenters. The molecule has 2 aromatic heterocycles. The normalized spacial score (nSPS) is 18.9. The molecule has 2 aliphatic rings. The summed E-state index contributed by atoms with van der Waals surface area (Å²) in [5.41, 5.74) is 3.91. The summed E-state index contributed by atoms with van der Waals surface area (Å²) in [6, 6.07) is 19.2. The molecule has 2 saturated carbocycles. The third kappa shape index (κ3) is 3.89. The Labute approximate surface area is 201 Å². The Bertz CT molecular complexity index is 1550. The molecule has 2 fully saturated rings. The molecule has 2 heterocycles. The number of aliphatic carboxylic acids is 1. The number of rotatable bonds is 6. The van der Waals surface area contributed by atoms with Crippen LogP contribution in [0.25, 0.3) is 27.8 Å². The van der Waals surface area contributed by atoms with E-state index in [2.05, 4.69) is 10.3 Å². The third-order valence-electron chi connectivity index (χ3n) is 6.82. The second-order valence-electron chi connectivity index (χ2n) is 9.29. The van der Waals surface area contributed by atoms with Gasteiger partial charge in [0.25, 0.3) is 5.91 Å². The summed E-state index contributed by atoms with van der Waals surface area (Å²) in [6.45, 7) is 0. The number of carbonyl (C=O) groups is 2. The van der Waals surface area contributed by atoms with E-state index in [-0.39, 0.29) is 34.8 Å². The predicted octanol–water partition coefficient (Wildman–Crippen LogP) is 4.13. The van der Waals surface area contributed by atoms with Crippen LogP contribution in [0.2, 0.25) is 0 Å². The Balaban J connectivity index is 1.47. The van der Waals surface area contributed by atoms with E-state index in [9.17, 15) is 19.5 Å². The van der Waals surface area contributed by atoms with Gasteiger partial charge in [-0.3, -0.25) is 14.4 Å². The van der Waals surface area contributed by atoms with Crippen molar-refractivity contribution < 1.29 is 14.7 Å². The summed E-state index contributed by atoms with van der Waals surface area (Å²) in [6.07, 6.45) is 5.70. The average Bonchev–Trinajstić information content (AvgIpc) is 3.80. The zero-order chi connectivity index (χ0) is 24.1. The Kier molecular flexibility index (Phi) is 4.99. The van der Waals surface area contributed by atoms with Crippen LogP contribution in [0, 0.1) is 5.92 Å². The molecular weight excluding hydrogens is 442 g/mol. The molecule has 174 valence electrons. The number of carboxylic acid groups (broad SMARTS) is 1. The third-order valence-corrected chi connectivity index (χ3v) is 6.82. The number of benzene rings is 2. The van der Waals surface area contributed by atoms with E-state index in [1.54, 1.807) is 29.1 Å². The number of carboxylic acids is 1. The number of aromatic nitrogens is 2. The van der Waals surface area contributed by atoms with E-state index >= 15 is 0 Å². The lowest BCUT2D eigenvalue weighted by Crippen LogP contribution is -2.31. The van der Waals surface area contributed by atoms with Gasteiger partial charge in [0.05, 0.1) is 11.3 Å². The topological polar surface area (TPSA) is 101 Å². The molecular formula is C28H23N3O4. The van der Waals surface area contributed by atoms with Crippen molar-refractivity contribution in [2.45, 2.75) is 31.2 Å². The van der Waals surface area contributed by atoms with Crippen LogP contribution in [0.5, 0.6) is 0 Å². The molecule has 7 nitrogen and oxygen atoms in total. The number of nitrogens with one attached hydrogen (secondary N) is 1. The second kappa shape index (κ2) is 8.20. The van der Waals surface area contributed by atoms with Crippen LogP contribution in [0.3, 0.4) is 0 Å². The monoisotopic (exact) mass is 465 g/mol. The number of amides is 1. The van der Waals surface area contributed by atoms with Crippen LogP contribution in [-0.4, -0.2) is 32.6 Å². The number of carbonyl (C=O) groups excluding carboxylic acids is 1. The summed E-state index contributed by atoms with van der Waals surface area (Å²) in [5.74, 6) is -1.48. The lowest BCUT2D eigenvalue weighted by molar-refractivity contribution is -0.138. The highest BCUT2D eigenvalue weighted by Crippen LogP contribution is 2.50. The van der Waals surface area contributed by atoms with E-state index in [1.807, 2.05) is 48.5 Å². The van der Waals surface area contributed by atoms with Crippen molar-refractivity contribution in [3.63, 3.8) is 0 Å². The van der Waals surface area contributed by atoms with Gasteiger partial charge in [-0.25, -0.2) is 4.98 Å². The van der Waals surface area contributed by atoms with E-state index in [0.29, 0.717) is 17.5 Å². The SMILES string of the molecule is O=C(NC1CC1)c1cn(-c2cccc(-c3ccccc3[C@@H]3C[C@H]3C(=O)O)c2)c2ncccc2c1=O. The molecule has 2 atom stereocenters. The van der Waals surface area contributed by atoms with Crippen molar-refractivity contribution in [3.05, 3.63) is 94.4 Å². The molecule has 2 N–H and O–H groups in total. The summed E-state index contributed by atoms with van der Waals surface area (Å²) in [4.78, 5) is 41.9. The number of fused-ring (bicyclic) bond motifs is 1. The van der Waals surface area contributed by atoms with Gasteiger partial charge in [0.15, 0.2) is 0 Å². The van der Waals surface area contributed by atoms with Gasteiger partial charge in [-0.15, -0.1) is 0 Å². The maximum atomic E-state index is 13.1. The number of pyridine rings is 2. The zero-order valence-corrected chi connectivity index (χ0v) is 18.8. The first kappa shape index (κ1) is 21.3. The molecule has 0 aliphatic heterocycles. The molecule has 7 heteroatoms. The van der Waals surface area contributed by atoms with Gasteiger partial charge in [0, 0.05) is 24.1 Å². The lowest BCUT2D eigenvalue weighted by Gasteiger charge is -2.15. The summed E-state index contributed by atoms with van der Waals surface area (Å²) in [5, 5.41) is 12.7. The molecule has 0 radical (unpaired) electrons. The fraction of sp³-hybridized carbons (Fsp3) is 0.214. The highest BCUT2D eigenvalue weighted by Gasteiger charge is 2.45. The highest BCUT2D eigenvalue weighted by atomic mass is 16.4.